The topological polar surface area (TPSA) is 90.8 Å². The summed E-state index contributed by atoms with van der Waals surface area (Å²) in [5.74, 6) is -1.36. The summed E-state index contributed by atoms with van der Waals surface area (Å²) in [6.07, 6.45) is -8.89. The highest BCUT2D eigenvalue weighted by Gasteiger charge is 2.43. The number of hydrogen-bond donors (Lipinski definition) is 4. The minimum Gasteiger partial charge on any atom is -0.393 e. The number of rotatable bonds is 7. The van der Waals surface area contributed by atoms with Gasteiger partial charge in [-0.1, -0.05) is 0 Å². The molecule has 1 saturated carbocycles. The van der Waals surface area contributed by atoms with Crippen molar-refractivity contribution >= 4 is 5.91 Å². The molecule has 2 aliphatic rings. The fraction of sp³-hybridized carbons (Fsp3) is 0.708. The van der Waals surface area contributed by atoms with Gasteiger partial charge in [-0.25, -0.2) is 0 Å². The number of aliphatic hydroxyl groups is 2. The molecule has 1 aliphatic carbocycles. The van der Waals surface area contributed by atoms with Crippen LogP contribution in [0.5, 0.6) is 0 Å². The first-order valence-electron chi connectivity index (χ1n) is 11.9. The SMILES string of the molecule is CC(O)CC1C[C@@H](NC2CCOCC2(C)O)C[C@H]1C(=O)NCc1cc(C(F)(F)F)cc(C(F)(F)F)c1. The number of benzene rings is 1. The Morgan fingerprint density at radius 2 is 1.75 bits per heavy atom. The first kappa shape index (κ1) is 28.7. The number of carbonyl (C=O) groups is 1. The van der Waals surface area contributed by atoms with Crippen LogP contribution in [-0.2, 0) is 28.4 Å². The molecule has 6 atom stereocenters. The van der Waals surface area contributed by atoms with Gasteiger partial charge >= 0.3 is 12.4 Å². The molecule has 12 heteroatoms. The number of aliphatic hydroxyl groups excluding tert-OH is 1. The molecule has 1 aliphatic heterocycles. The van der Waals surface area contributed by atoms with Crippen LogP contribution >= 0.6 is 0 Å². The molecule has 0 radical (unpaired) electrons. The summed E-state index contributed by atoms with van der Waals surface area (Å²) in [6, 6.07) is 0.799. The zero-order valence-electron chi connectivity index (χ0n) is 20.0. The van der Waals surface area contributed by atoms with Crippen LogP contribution in [0.3, 0.4) is 0 Å². The largest absolute Gasteiger partial charge is 0.416 e. The number of alkyl halides is 6. The molecule has 1 heterocycles. The maximum Gasteiger partial charge on any atom is 0.416 e. The monoisotopic (exact) mass is 526 g/mol. The van der Waals surface area contributed by atoms with Gasteiger partial charge in [0.1, 0.15) is 5.60 Å². The average Bonchev–Trinajstić information content (AvgIpc) is 3.13. The number of hydrogen-bond acceptors (Lipinski definition) is 5. The van der Waals surface area contributed by atoms with Gasteiger partial charge in [0, 0.05) is 31.2 Å². The highest BCUT2D eigenvalue weighted by molar-refractivity contribution is 5.79. The molecule has 1 saturated heterocycles. The molecule has 1 amide bonds. The van der Waals surface area contributed by atoms with Crippen LogP contribution in [0, 0.1) is 11.8 Å². The van der Waals surface area contributed by atoms with E-state index in [4.69, 9.17) is 4.74 Å². The van der Waals surface area contributed by atoms with E-state index in [1.807, 2.05) is 0 Å². The van der Waals surface area contributed by atoms with Crippen LogP contribution in [0.2, 0.25) is 0 Å². The number of halogens is 6. The fourth-order valence-corrected chi connectivity index (χ4v) is 5.16. The molecule has 3 rings (SSSR count). The molecule has 36 heavy (non-hydrogen) atoms. The van der Waals surface area contributed by atoms with E-state index in [0.29, 0.717) is 44.4 Å². The highest BCUT2D eigenvalue weighted by Crippen LogP contribution is 2.38. The molecular weight excluding hydrogens is 494 g/mol. The van der Waals surface area contributed by atoms with Crippen LogP contribution in [0.15, 0.2) is 18.2 Å². The molecule has 0 bridgehead atoms. The van der Waals surface area contributed by atoms with Crippen molar-refractivity contribution in [2.75, 3.05) is 13.2 Å². The lowest BCUT2D eigenvalue weighted by molar-refractivity contribution is -0.143. The van der Waals surface area contributed by atoms with Crippen LogP contribution < -0.4 is 10.6 Å². The van der Waals surface area contributed by atoms with Gasteiger partial charge in [0.15, 0.2) is 0 Å². The van der Waals surface area contributed by atoms with Crippen molar-refractivity contribution in [2.45, 2.75) is 82.2 Å². The number of nitrogens with one attached hydrogen (secondary N) is 2. The van der Waals surface area contributed by atoms with E-state index in [9.17, 15) is 41.4 Å². The van der Waals surface area contributed by atoms with Crippen molar-refractivity contribution in [3.05, 3.63) is 34.9 Å². The van der Waals surface area contributed by atoms with E-state index >= 15 is 0 Å². The molecule has 4 N–H and O–H groups in total. The summed E-state index contributed by atoms with van der Waals surface area (Å²) in [5, 5.41) is 26.4. The molecular formula is C24H32F6N2O4. The van der Waals surface area contributed by atoms with Crippen LogP contribution in [0.4, 0.5) is 26.3 Å². The summed E-state index contributed by atoms with van der Waals surface area (Å²) in [7, 11) is 0. The maximum atomic E-state index is 13.1. The minimum atomic E-state index is -4.97. The van der Waals surface area contributed by atoms with E-state index in [-0.39, 0.29) is 36.2 Å². The molecule has 0 aromatic heterocycles. The Labute approximate surface area is 205 Å². The van der Waals surface area contributed by atoms with E-state index in [1.165, 1.54) is 0 Å². The van der Waals surface area contributed by atoms with Crippen molar-refractivity contribution in [2.24, 2.45) is 11.8 Å². The Bertz CT molecular complexity index is 887. The Hall–Kier alpha value is -1.89. The first-order chi connectivity index (χ1) is 16.6. The maximum absolute atomic E-state index is 13.1. The van der Waals surface area contributed by atoms with Crippen molar-refractivity contribution in [3.63, 3.8) is 0 Å². The smallest absolute Gasteiger partial charge is 0.393 e. The third kappa shape index (κ3) is 7.33. The lowest BCUT2D eigenvalue weighted by atomic mass is 9.90. The Morgan fingerprint density at radius 3 is 2.28 bits per heavy atom. The molecule has 204 valence electrons. The summed E-state index contributed by atoms with van der Waals surface area (Å²) in [4.78, 5) is 13.0. The van der Waals surface area contributed by atoms with Gasteiger partial charge in [-0.15, -0.1) is 0 Å². The second-order valence-corrected chi connectivity index (χ2v) is 10.2. The van der Waals surface area contributed by atoms with Gasteiger partial charge < -0.3 is 25.6 Å². The molecule has 4 unspecified atom stereocenters. The third-order valence-corrected chi connectivity index (χ3v) is 6.92. The summed E-state index contributed by atoms with van der Waals surface area (Å²) in [5.41, 5.74) is -4.30. The van der Waals surface area contributed by atoms with Gasteiger partial charge in [-0.2, -0.15) is 26.3 Å². The number of ether oxygens (including phenoxy) is 1. The standard InChI is InChI=1S/C24H32F6N2O4/c1-13(33)5-15-8-18(32-20-3-4-36-12-22(20,2)35)10-19(15)21(34)31-11-14-6-16(23(25,26)27)9-17(7-14)24(28,29)30/h6-7,9,13,15,18-20,32-33,35H,3-5,8,10-12H2,1-2H3,(H,31,34)/t13?,15?,18-,19-,20?,22?/m1/s1. The van der Waals surface area contributed by atoms with Crippen molar-refractivity contribution in [1.82, 2.24) is 10.6 Å². The van der Waals surface area contributed by atoms with Crippen molar-refractivity contribution in [3.8, 4) is 0 Å². The van der Waals surface area contributed by atoms with Gasteiger partial charge in [-0.3, -0.25) is 4.79 Å². The lowest BCUT2D eigenvalue weighted by Gasteiger charge is -2.39. The second-order valence-electron chi connectivity index (χ2n) is 10.2. The molecule has 0 spiro atoms. The number of amides is 1. The minimum absolute atomic E-state index is 0.0441. The van der Waals surface area contributed by atoms with E-state index in [1.54, 1.807) is 13.8 Å². The summed E-state index contributed by atoms with van der Waals surface area (Å²) >= 11 is 0. The molecule has 1 aromatic rings. The zero-order chi connectivity index (χ0) is 26.9. The summed E-state index contributed by atoms with van der Waals surface area (Å²) in [6.45, 7) is 3.37. The highest BCUT2D eigenvalue weighted by atomic mass is 19.4. The van der Waals surface area contributed by atoms with Gasteiger partial charge in [0.2, 0.25) is 5.91 Å². The zero-order valence-corrected chi connectivity index (χ0v) is 20.0. The van der Waals surface area contributed by atoms with E-state index < -0.39 is 53.6 Å². The third-order valence-electron chi connectivity index (χ3n) is 6.92. The van der Waals surface area contributed by atoms with E-state index in [0.717, 1.165) is 0 Å². The fourth-order valence-electron chi connectivity index (χ4n) is 5.16. The second kappa shape index (κ2) is 10.8. The van der Waals surface area contributed by atoms with Gasteiger partial charge in [0.05, 0.1) is 23.8 Å². The predicted octanol–water partition coefficient (Wildman–Crippen LogP) is 3.64. The van der Waals surface area contributed by atoms with Gasteiger partial charge in [-0.05, 0) is 69.2 Å². The Kier molecular flexibility index (Phi) is 8.64. The Morgan fingerprint density at radius 1 is 1.14 bits per heavy atom. The van der Waals surface area contributed by atoms with Crippen LogP contribution in [0.1, 0.15) is 56.2 Å². The quantitative estimate of drug-likeness (QED) is 0.408. The predicted molar refractivity (Wildman–Crippen MR) is 118 cm³/mol. The van der Waals surface area contributed by atoms with Crippen LogP contribution in [-0.4, -0.2) is 53.1 Å². The van der Waals surface area contributed by atoms with Crippen molar-refractivity contribution in [1.29, 1.82) is 0 Å². The molecule has 1 aromatic carbocycles. The van der Waals surface area contributed by atoms with Gasteiger partial charge in [0.25, 0.3) is 0 Å². The normalized spacial score (nSPS) is 30.3. The average molecular weight is 527 g/mol. The Balaban J connectivity index is 1.71. The van der Waals surface area contributed by atoms with Crippen molar-refractivity contribution < 1.29 is 46.1 Å². The lowest BCUT2D eigenvalue weighted by Crippen LogP contribution is -2.57. The van der Waals surface area contributed by atoms with E-state index in [2.05, 4.69) is 10.6 Å². The first-order valence-corrected chi connectivity index (χ1v) is 11.9. The molecule has 2 fully saturated rings. The molecule has 6 nitrogen and oxygen atoms in total. The summed E-state index contributed by atoms with van der Waals surface area (Å²) < 4.78 is 84.1. The van der Waals surface area contributed by atoms with Crippen LogP contribution in [0.25, 0.3) is 0 Å². The number of carbonyl (C=O) groups excluding carboxylic acids is 1.